The lowest BCUT2D eigenvalue weighted by Gasteiger charge is -2.25. The lowest BCUT2D eigenvalue weighted by Crippen LogP contribution is -2.60. The largest absolute Gasteiger partial charge is 0.475 e. The van der Waals surface area contributed by atoms with Crippen LogP contribution in [0.1, 0.15) is 0 Å². The number of ether oxygens (including phenoxy) is 1. The van der Waals surface area contributed by atoms with Gasteiger partial charge in [-0.3, -0.25) is 11.5 Å². The van der Waals surface area contributed by atoms with Gasteiger partial charge in [-0.15, -0.1) is 0 Å². The minimum atomic E-state index is -3.32. The van der Waals surface area contributed by atoms with Gasteiger partial charge in [-0.1, -0.05) is 0 Å². The highest BCUT2D eigenvalue weighted by molar-refractivity contribution is 6.27. The number of rotatable bonds is 6. The highest BCUT2D eigenvalue weighted by Crippen LogP contribution is 2.12. The van der Waals surface area contributed by atoms with E-state index in [4.69, 9.17) is 71.9 Å². The first-order valence-corrected chi connectivity index (χ1v) is 5.49. The molecule has 0 bridgehead atoms. The lowest BCUT2D eigenvalue weighted by molar-refractivity contribution is -0.475. The fraction of sp³-hybridized carbons (Fsp3) is 0.250. The van der Waals surface area contributed by atoms with Crippen molar-refractivity contribution in [3.05, 3.63) is 0 Å². The molecule has 0 spiro atoms. The molecule has 0 fully saturated rings. The Kier molecular flexibility index (Phi) is 13.4. The van der Waals surface area contributed by atoms with E-state index in [1.807, 2.05) is 0 Å². The number of hydrogen-bond acceptors (Lipinski definition) is 15. The average Bonchev–Trinajstić information content (AvgIpc) is 2.61. The molecule has 0 aliphatic rings. The number of carbonyl (C=O) groups excluding carboxylic acids is 1. The summed E-state index contributed by atoms with van der Waals surface area (Å²) < 4.78 is 3.77. The van der Waals surface area contributed by atoms with E-state index >= 15 is 0 Å². The molecule has 0 aromatic carbocycles. The quantitative estimate of drug-likeness (QED) is 0.0632. The highest BCUT2D eigenvalue weighted by Gasteiger charge is 2.49. The second kappa shape index (κ2) is 12.8. The molecule has 0 radical (unpaired) electrons. The molecule has 12 N–H and O–H groups in total. The van der Waals surface area contributed by atoms with Gasteiger partial charge in [0.2, 0.25) is 0 Å². The Labute approximate surface area is 150 Å². The summed E-state index contributed by atoms with van der Waals surface area (Å²) in [5.41, 5.74) is 9.40. The van der Waals surface area contributed by atoms with E-state index in [1.165, 1.54) is 0 Å². The van der Waals surface area contributed by atoms with Crippen LogP contribution >= 0.6 is 0 Å². The van der Waals surface area contributed by atoms with Gasteiger partial charge in [-0.2, -0.15) is 14.7 Å². The van der Waals surface area contributed by atoms with Crippen molar-refractivity contribution in [3.63, 3.8) is 0 Å². The van der Waals surface area contributed by atoms with Gasteiger partial charge >= 0.3 is 47.6 Å². The van der Waals surface area contributed by atoms with Gasteiger partial charge in [0.05, 0.1) is 0 Å². The van der Waals surface area contributed by atoms with Crippen molar-refractivity contribution in [2.75, 3.05) is 0 Å². The van der Waals surface area contributed by atoms with Gasteiger partial charge in [-0.25, -0.2) is 44.5 Å². The summed E-state index contributed by atoms with van der Waals surface area (Å²) in [7, 11) is 0. The SMILES string of the molecule is NC(OO)(OC(=O)C(N)(OO)OO)C(=O)O.O=C(O)C(=O)O.O=C(O)C(=O)O. The first kappa shape index (κ1) is 29.3. The maximum atomic E-state index is 11.0. The molecule has 20 heteroatoms. The van der Waals surface area contributed by atoms with Gasteiger partial charge < -0.3 is 30.3 Å². The molecule has 0 heterocycles. The molecule has 0 saturated heterocycles. The van der Waals surface area contributed by atoms with E-state index in [2.05, 4.69) is 19.4 Å². The Balaban J connectivity index is -0.000000426. The van der Waals surface area contributed by atoms with Crippen LogP contribution in [0.4, 0.5) is 0 Å². The second-order valence-electron chi connectivity index (χ2n) is 3.52. The van der Waals surface area contributed by atoms with Gasteiger partial charge in [0.1, 0.15) is 0 Å². The molecule has 0 rings (SSSR count). The van der Waals surface area contributed by atoms with Crippen molar-refractivity contribution in [3.8, 4) is 0 Å². The topological polar surface area (TPSA) is 353 Å². The molecule has 0 aliphatic carbocycles. The Hall–Kier alpha value is -3.50. The summed E-state index contributed by atoms with van der Waals surface area (Å²) in [6.07, 6.45) is 0. The standard InChI is InChI=1S/C4H8N2O10.2C2H2O4/c5-3(14-10,1(7)8)13-2(9)4(6,15-11)16-12;2*3-1(4)2(5)6/h10-12H,5-6H2,(H,7,8);2*(H,3,4)(H,5,6). The zero-order chi connectivity index (χ0) is 23.3. The molecular formula is C8H12N2O18. The molecule has 0 amide bonds. The van der Waals surface area contributed by atoms with Crippen molar-refractivity contribution in [1.82, 2.24) is 0 Å². The third-order valence-electron chi connectivity index (χ3n) is 1.60. The van der Waals surface area contributed by atoms with E-state index in [-0.39, 0.29) is 0 Å². The van der Waals surface area contributed by atoms with Crippen LogP contribution in [0.3, 0.4) is 0 Å². The predicted octanol–water partition coefficient (Wildman–Crippen LogP) is -4.38. The van der Waals surface area contributed by atoms with E-state index in [1.54, 1.807) is 0 Å². The summed E-state index contributed by atoms with van der Waals surface area (Å²) in [5, 5.41) is 62.1. The zero-order valence-electron chi connectivity index (χ0n) is 12.8. The van der Waals surface area contributed by atoms with Gasteiger partial charge in [0.15, 0.2) is 0 Å². The molecule has 162 valence electrons. The average molecular weight is 424 g/mol. The van der Waals surface area contributed by atoms with Gasteiger partial charge in [-0.05, 0) is 0 Å². The molecular weight excluding hydrogens is 412 g/mol. The van der Waals surface area contributed by atoms with E-state index in [0.29, 0.717) is 0 Å². The van der Waals surface area contributed by atoms with Crippen LogP contribution in [0.15, 0.2) is 0 Å². The van der Waals surface area contributed by atoms with Crippen LogP contribution in [0, 0.1) is 0 Å². The lowest BCUT2D eigenvalue weighted by atomic mass is 10.4. The van der Waals surface area contributed by atoms with Crippen LogP contribution in [0.2, 0.25) is 0 Å². The van der Waals surface area contributed by atoms with Crippen LogP contribution < -0.4 is 11.5 Å². The van der Waals surface area contributed by atoms with Crippen molar-refractivity contribution in [2.24, 2.45) is 11.5 Å². The monoisotopic (exact) mass is 424 g/mol. The molecule has 1 unspecified atom stereocenters. The fourth-order valence-electron chi connectivity index (χ4n) is 0.401. The number of hydrogen-bond donors (Lipinski definition) is 10. The summed E-state index contributed by atoms with van der Waals surface area (Å²) in [6, 6.07) is 0. The van der Waals surface area contributed by atoms with Crippen molar-refractivity contribution >= 4 is 35.8 Å². The Morgan fingerprint density at radius 1 is 0.571 bits per heavy atom. The van der Waals surface area contributed by atoms with Crippen molar-refractivity contribution in [2.45, 2.75) is 11.8 Å². The minimum Gasteiger partial charge on any atom is -0.475 e. The minimum absolute atomic E-state index is 1.82. The first-order valence-electron chi connectivity index (χ1n) is 5.49. The van der Waals surface area contributed by atoms with Gasteiger partial charge in [0, 0.05) is 0 Å². The predicted molar refractivity (Wildman–Crippen MR) is 69.2 cm³/mol. The number of nitrogens with two attached hydrogens (primary N) is 2. The maximum absolute atomic E-state index is 11.0. The Morgan fingerprint density at radius 2 is 0.821 bits per heavy atom. The first-order chi connectivity index (χ1) is 12.5. The number of carboxylic acid groups (broad SMARTS) is 5. The third-order valence-corrected chi connectivity index (χ3v) is 1.60. The number of carbonyl (C=O) groups is 6. The molecule has 0 aromatic rings. The third kappa shape index (κ3) is 11.2. The molecule has 20 nitrogen and oxygen atoms in total. The molecule has 1 atom stereocenters. The van der Waals surface area contributed by atoms with Crippen molar-refractivity contribution < 1.29 is 89.5 Å². The summed E-state index contributed by atoms with van der Waals surface area (Å²) in [5.74, 6) is -18.0. The van der Waals surface area contributed by atoms with Crippen LogP contribution in [-0.4, -0.2) is 88.9 Å². The normalized spacial score (nSPS) is 11.9. The molecule has 28 heavy (non-hydrogen) atoms. The summed E-state index contributed by atoms with van der Waals surface area (Å²) in [4.78, 5) is 67.2. The van der Waals surface area contributed by atoms with E-state index in [0.717, 1.165) is 0 Å². The highest BCUT2D eigenvalue weighted by atomic mass is 17.2. The van der Waals surface area contributed by atoms with Crippen LogP contribution in [0.5, 0.6) is 0 Å². The molecule has 0 aliphatic heterocycles. The van der Waals surface area contributed by atoms with E-state index < -0.39 is 47.6 Å². The number of carboxylic acids is 5. The number of aliphatic carboxylic acids is 5. The maximum Gasteiger partial charge on any atom is 0.414 e. The smallest absolute Gasteiger partial charge is 0.414 e. The Morgan fingerprint density at radius 3 is 0.964 bits per heavy atom. The second-order valence-corrected chi connectivity index (χ2v) is 3.52. The van der Waals surface area contributed by atoms with Crippen molar-refractivity contribution in [1.29, 1.82) is 0 Å². The zero-order valence-corrected chi connectivity index (χ0v) is 12.8. The van der Waals surface area contributed by atoms with Gasteiger partial charge in [0.25, 0.3) is 0 Å². The molecule has 0 aromatic heterocycles. The Bertz CT molecular complexity index is 548. The van der Waals surface area contributed by atoms with Crippen LogP contribution in [0.25, 0.3) is 0 Å². The van der Waals surface area contributed by atoms with Crippen LogP contribution in [-0.2, 0) is 48.2 Å². The van der Waals surface area contributed by atoms with E-state index in [9.17, 15) is 9.59 Å². The molecule has 0 saturated carbocycles. The summed E-state index contributed by atoms with van der Waals surface area (Å²) >= 11 is 0. The summed E-state index contributed by atoms with van der Waals surface area (Å²) in [6.45, 7) is 0. The fourth-order valence-corrected chi connectivity index (χ4v) is 0.401. The number of esters is 1.